The molecule has 3 heterocycles. The molecule has 0 amide bonds. The first-order valence-corrected chi connectivity index (χ1v) is 6.92. The summed E-state index contributed by atoms with van der Waals surface area (Å²) in [6, 6.07) is 3.05. The van der Waals surface area contributed by atoms with Crippen molar-refractivity contribution in [2.45, 2.75) is 20.4 Å². The molecule has 102 valence electrons. The van der Waals surface area contributed by atoms with E-state index in [1.165, 1.54) is 15.6 Å². The van der Waals surface area contributed by atoms with Crippen LogP contribution in [0.2, 0.25) is 0 Å². The molecule has 3 aromatic rings. The Labute approximate surface area is 118 Å². The standard InChI is InChI=1S/C13H13N5OS/c1-7-8(2)20-13-11(7)12(14)16-9(17-13)6-18-10(19)4-3-5-15-18/h3-5H,6H2,1-2H3,(H2,14,16,17). The van der Waals surface area contributed by atoms with Crippen LogP contribution < -0.4 is 11.3 Å². The summed E-state index contributed by atoms with van der Waals surface area (Å²) in [6.45, 7) is 4.26. The number of aryl methyl sites for hydroxylation is 2. The van der Waals surface area contributed by atoms with Gasteiger partial charge < -0.3 is 5.73 Å². The Balaban J connectivity index is 2.10. The molecule has 0 aliphatic carbocycles. The molecule has 7 heteroatoms. The normalized spacial score (nSPS) is 11.1. The summed E-state index contributed by atoms with van der Waals surface area (Å²) in [7, 11) is 0. The van der Waals surface area contributed by atoms with Crippen molar-refractivity contribution in [3.8, 4) is 0 Å². The fourth-order valence-electron chi connectivity index (χ4n) is 2.04. The van der Waals surface area contributed by atoms with Crippen LogP contribution in [0, 0.1) is 13.8 Å². The van der Waals surface area contributed by atoms with Crippen LogP contribution in [-0.2, 0) is 6.54 Å². The number of aromatic nitrogens is 4. The molecule has 0 bridgehead atoms. The minimum atomic E-state index is -0.187. The van der Waals surface area contributed by atoms with Gasteiger partial charge in [0.25, 0.3) is 5.56 Å². The second-order valence-electron chi connectivity index (χ2n) is 4.51. The molecule has 0 aromatic carbocycles. The Bertz CT molecular complexity index is 852. The average Bonchev–Trinajstić information content (AvgIpc) is 2.68. The molecule has 0 aliphatic rings. The number of rotatable bonds is 2. The lowest BCUT2D eigenvalue weighted by atomic mass is 10.2. The number of anilines is 1. The smallest absolute Gasteiger partial charge is 0.267 e. The summed E-state index contributed by atoms with van der Waals surface area (Å²) in [6.07, 6.45) is 1.56. The van der Waals surface area contributed by atoms with Crippen molar-refractivity contribution in [2.75, 3.05) is 5.73 Å². The van der Waals surface area contributed by atoms with Crippen molar-refractivity contribution in [1.29, 1.82) is 0 Å². The molecule has 0 spiro atoms. The van der Waals surface area contributed by atoms with Crippen LogP contribution in [0.15, 0.2) is 23.1 Å². The van der Waals surface area contributed by atoms with Gasteiger partial charge in [-0.2, -0.15) is 5.10 Å². The first-order valence-electron chi connectivity index (χ1n) is 6.10. The van der Waals surface area contributed by atoms with E-state index >= 15 is 0 Å². The number of nitrogens with zero attached hydrogens (tertiary/aromatic N) is 4. The Morgan fingerprint density at radius 2 is 2.15 bits per heavy atom. The monoisotopic (exact) mass is 287 g/mol. The maximum atomic E-state index is 11.6. The molecule has 0 aliphatic heterocycles. The van der Waals surface area contributed by atoms with Crippen LogP contribution in [0.5, 0.6) is 0 Å². The Morgan fingerprint density at radius 1 is 1.35 bits per heavy atom. The van der Waals surface area contributed by atoms with Gasteiger partial charge in [-0.25, -0.2) is 14.6 Å². The van der Waals surface area contributed by atoms with E-state index in [1.54, 1.807) is 23.6 Å². The molecule has 0 radical (unpaired) electrons. The molecule has 0 saturated heterocycles. The van der Waals surface area contributed by atoms with E-state index in [1.807, 2.05) is 13.8 Å². The molecule has 0 saturated carbocycles. The lowest BCUT2D eigenvalue weighted by Crippen LogP contribution is -2.22. The highest BCUT2D eigenvalue weighted by atomic mass is 32.1. The van der Waals surface area contributed by atoms with Gasteiger partial charge in [-0.1, -0.05) is 0 Å². The molecule has 3 rings (SSSR count). The highest BCUT2D eigenvalue weighted by Crippen LogP contribution is 2.31. The van der Waals surface area contributed by atoms with Crippen molar-refractivity contribution in [2.24, 2.45) is 0 Å². The first-order chi connectivity index (χ1) is 9.56. The van der Waals surface area contributed by atoms with Crippen LogP contribution >= 0.6 is 11.3 Å². The average molecular weight is 287 g/mol. The number of hydrogen-bond acceptors (Lipinski definition) is 6. The van der Waals surface area contributed by atoms with Crippen molar-refractivity contribution < 1.29 is 0 Å². The minimum absolute atomic E-state index is 0.187. The fraction of sp³-hybridized carbons (Fsp3) is 0.231. The van der Waals surface area contributed by atoms with E-state index in [0.29, 0.717) is 11.6 Å². The largest absolute Gasteiger partial charge is 0.383 e. The lowest BCUT2D eigenvalue weighted by molar-refractivity contribution is 0.617. The van der Waals surface area contributed by atoms with Gasteiger partial charge in [0.05, 0.1) is 5.39 Å². The van der Waals surface area contributed by atoms with E-state index < -0.39 is 0 Å². The third kappa shape index (κ3) is 2.05. The molecule has 20 heavy (non-hydrogen) atoms. The predicted molar refractivity (Wildman–Crippen MR) is 78.9 cm³/mol. The van der Waals surface area contributed by atoms with E-state index in [9.17, 15) is 4.79 Å². The predicted octanol–water partition coefficient (Wildman–Crippen LogP) is 1.50. The molecule has 3 aromatic heterocycles. The van der Waals surface area contributed by atoms with Crippen LogP contribution in [0.3, 0.4) is 0 Å². The van der Waals surface area contributed by atoms with Gasteiger partial charge in [0, 0.05) is 17.1 Å². The number of hydrogen-bond donors (Lipinski definition) is 1. The van der Waals surface area contributed by atoms with Gasteiger partial charge in [0.15, 0.2) is 5.82 Å². The molecule has 2 N–H and O–H groups in total. The van der Waals surface area contributed by atoms with Crippen molar-refractivity contribution in [3.63, 3.8) is 0 Å². The zero-order chi connectivity index (χ0) is 14.3. The minimum Gasteiger partial charge on any atom is -0.383 e. The van der Waals surface area contributed by atoms with Crippen molar-refractivity contribution in [1.82, 2.24) is 19.7 Å². The third-order valence-electron chi connectivity index (χ3n) is 3.18. The summed E-state index contributed by atoms with van der Waals surface area (Å²) >= 11 is 1.58. The van der Waals surface area contributed by atoms with Crippen LogP contribution in [0.1, 0.15) is 16.3 Å². The highest BCUT2D eigenvalue weighted by molar-refractivity contribution is 7.18. The van der Waals surface area contributed by atoms with E-state index in [4.69, 9.17) is 5.73 Å². The number of nitrogens with two attached hydrogens (primary N) is 1. The van der Waals surface area contributed by atoms with Gasteiger partial charge in [-0.05, 0) is 25.5 Å². The maximum absolute atomic E-state index is 11.6. The molecular weight excluding hydrogens is 274 g/mol. The Kier molecular flexibility index (Phi) is 2.98. The van der Waals surface area contributed by atoms with Gasteiger partial charge >= 0.3 is 0 Å². The molecule has 0 atom stereocenters. The zero-order valence-corrected chi connectivity index (χ0v) is 11.9. The summed E-state index contributed by atoms with van der Waals surface area (Å²) in [5.74, 6) is 0.952. The van der Waals surface area contributed by atoms with Crippen molar-refractivity contribution in [3.05, 3.63) is 44.9 Å². The number of fused-ring (bicyclic) bond motifs is 1. The van der Waals surface area contributed by atoms with Gasteiger partial charge in [0.2, 0.25) is 0 Å². The van der Waals surface area contributed by atoms with Crippen molar-refractivity contribution >= 4 is 27.4 Å². The van der Waals surface area contributed by atoms with E-state index in [2.05, 4.69) is 15.1 Å². The molecular formula is C13H13N5OS. The highest BCUT2D eigenvalue weighted by Gasteiger charge is 2.13. The van der Waals surface area contributed by atoms with Gasteiger partial charge in [-0.15, -0.1) is 11.3 Å². The summed E-state index contributed by atoms with van der Waals surface area (Å²) < 4.78 is 1.31. The number of thiophene rings is 1. The summed E-state index contributed by atoms with van der Waals surface area (Å²) in [5.41, 5.74) is 6.94. The van der Waals surface area contributed by atoms with Crippen LogP contribution in [0.25, 0.3) is 10.2 Å². The molecule has 0 unspecified atom stereocenters. The maximum Gasteiger partial charge on any atom is 0.267 e. The summed E-state index contributed by atoms with van der Waals surface area (Å²) in [4.78, 5) is 22.4. The Morgan fingerprint density at radius 3 is 2.90 bits per heavy atom. The summed E-state index contributed by atoms with van der Waals surface area (Å²) in [5, 5.41) is 4.90. The topological polar surface area (TPSA) is 86.7 Å². The van der Waals surface area contributed by atoms with Crippen LogP contribution in [0.4, 0.5) is 5.82 Å². The fourth-order valence-corrected chi connectivity index (χ4v) is 3.09. The quantitative estimate of drug-likeness (QED) is 0.771. The second kappa shape index (κ2) is 4.68. The lowest BCUT2D eigenvalue weighted by Gasteiger charge is -2.04. The third-order valence-corrected chi connectivity index (χ3v) is 4.28. The van der Waals surface area contributed by atoms with Crippen LogP contribution in [-0.4, -0.2) is 19.7 Å². The first kappa shape index (κ1) is 12.7. The van der Waals surface area contributed by atoms with E-state index in [0.717, 1.165) is 15.8 Å². The SMILES string of the molecule is Cc1sc2nc(Cn3ncccc3=O)nc(N)c2c1C. The van der Waals surface area contributed by atoms with E-state index in [-0.39, 0.29) is 12.1 Å². The van der Waals surface area contributed by atoms with Gasteiger partial charge in [0.1, 0.15) is 17.2 Å². The molecule has 0 fully saturated rings. The zero-order valence-electron chi connectivity index (χ0n) is 11.1. The number of nitrogen functional groups attached to an aromatic ring is 1. The van der Waals surface area contributed by atoms with Gasteiger partial charge in [-0.3, -0.25) is 4.79 Å². The second-order valence-corrected chi connectivity index (χ2v) is 5.71. The Hall–Kier alpha value is -2.28. The molecule has 6 nitrogen and oxygen atoms in total.